The van der Waals surface area contributed by atoms with Gasteiger partial charge < -0.3 is 9.80 Å². The molecule has 2 atom stereocenters. The maximum atomic E-state index is 13.4. The molecule has 0 radical (unpaired) electrons. The van der Waals surface area contributed by atoms with Crippen LogP contribution in [0.1, 0.15) is 74.9 Å². The third kappa shape index (κ3) is 5.53. The molecule has 0 aromatic carbocycles. The molecule has 2 heterocycles. The molecule has 1 saturated heterocycles. The lowest BCUT2D eigenvalue weighted by atomic mass is 9.49. The molecule has 5 aliphatic rings. The summed E-state index contributed by atoms with van der Waals surface area (Å²) in [4.78, 5) is 33.5. The molecule has 5 nitrogen and oxygen atoms in total. The van der Waals surface area contributed by atoms with Gasteiger partial charge in [0.1, 0.15) is 0 Å². The van der Waals surface area contributed by atoms with Gasteiger partial charge in [0.2, 0.25) is 5.91 Å². The summed E-state index contributed by atoms with van der Waals surface area (Å²) in [6.07, 6.45) is 12.0. The third-order valence-corrected chi connectivity index (χ3v) is 10.5. The molecule has 1 aromatic heterocycles. The van der Waals surface area contributed by atoms with Gasteiger partial charge in [-0.15, -0.1) is 11.3 Å². The van der Waals surface area contributed by atoms with Crippen LogP contribution in [0.2, 0.25) is 0 Å². The van der Waals surface area contributed by atoms with Crippen molar-refractivity contribution in [3.63, 3.8) is 0 Å². The number of piperazine rings is 1. The van der Waals surface area contributed by atoms with Crippen molar-refractivity contribution in [1.29, 1.82) is 0 Å². The number of hydrogen-bond acceptors (Lipinski definition) is 4. The summed E-state index contributed by atoms with van der Waals surface area (Å²) in [5.74, 6) is 2.73. The zero-order valence-corrected chi connectivity index (χ0v) is 22.5. The predicted octanol–water partition coefficient (Wildman–Crippen LogP) is 5.30. The van der Waals surface area contributed by atoms with E-state index in [9.17, 15) is 9.59 Å². The minimum absolute atomic E-state index is 0.167. The second kappa shape index (κ2) is 10.8. The highest BCUT2D eigenvalue weighted by Gasteiger charge is 2.51. The fourth-order valence-electron chi connectivity index (χ4n) is 6.95. The average molecular weight is 498 g/mol. The van der Waals surface area contributed by atoms with Gasteiger partial charge in [-0.25, -0.2) is 0 Å². The first-order chi connectivity index (χ1) is 16.9. The summed E-state index contributed by atoms with van der Waals surface area (Å²) in [6.45, 7) is 10.7. The molecule has 0 N–H and O–H groups in total. The lowest BCUT2D eigenvalue weighted by Crippen LogP contribution is -2.52. The van der Waals surface area contributed by atoms with Crippen molar-refractivity contribution in [3.05, 3.63) is 34.0 Å². The Labute approximate surface area is 215 Å². The molecule has 0 spiro atoms. The van der Waals surface area contributed by atoms with Crippen molar-refractivity contribution in [1.82, 2.24) is 14.7 Å². The van der Waals surface area contributed by atoms with E-state index in [1.165, 1.54) is 37.7 Å². The highest BCUT2D eigenvalue weighted by atomic mass is 32.1. The van der Waals surface area contributed by atoms with E-state index in [0.29, 0.717) is 17.2 Å². The number of carbonyl (C=O) groups excluding carboxylic acids is 2. The Morgan fingerprint density at radius 1 is 1.14 bits per heavy atom. The molecule has 4 aliphatic carbocycles. The van der Waals surface area contributed by atoms with Crippen molar-refractivity contribution >= 4 is 23.2 Å². The molecular formula is C29H43N3O2S. The van der Waals surface area contributed by atoms with E-state index in [4.69, 9.17) is 0 Å². The normalized spacial score (nSPS) is 26.3. The zero-order valence-electron chi connectivity index (χ0n) is 21.7. The number of allylic oxidation sites excluding steroid dienone is 1. The standard InChI is InChI=1S/C29H43N3O2S/c1-29(2)24-11-10-23(25(29)20-24)21-32(28(34)26-8-5-19-35-26)18-15-30-13-16-31(17-14-30)27(33)12-9-22-6-3-4-7-22/h5,8,10,19,22,24-25H,3-4,6-7,9,11-18,20-21H2,1-2H3. The summed E-state index contributed by atoms with van der Waals surface area (Å²) in [6, 6.07) is 3.92. The number of carbonyl (C=O) groups is 2. The Morgan fingerprint density at radius 3 is 2.57 bits per heavy atom. The van der Waals surface area contributed by atoms with Gasteiger partial charge in [0.25, 0.3) is 5.91 Å². The highest BCUT2D eigenvalue weighted by Crippen LogP contribution is 2.59. The van der Waals surface area contributed by atoms with Crippen LogP contribution in [-0.4, -0.2) is 72.3 Å². The van der Waals surface area contributed by atoms with Crippen LogP contribution in [-0.2, 0) is 4.79 Å². The lowest BCUT2D eigenvalue weighted by molar-refractivity contribution is -0.133. The van der Waals surface area contributed by atoms with Crippen LogP contribution in [0.5, 0.6) is 0 Å². The summed E-state index contributed by atoms with van der Waals surface area (Å²) in [5.41, 5.74) is 1.85. The average Bonchev–Trinajstić information content (AvgIpc) is 3.60. The van der Waals surface area contributed by atoms with Gasteiger partial charge >= 0.3 is 0 Å². The van der Waals surface area contributed by atoms with E-state index in [1.54, 1.807) is 11.3 Å². The van der Waals surface area contributed by atoms with Gasteiger partial charge in [-0.05, 0) is 53.9 Å². The summed E-state index contributed by atoms with van der Waals surface area (Å²) in [5, 5.41) is 1.99. The van der Waals surface area contributed by atoms with Crippen molar-refractivity contribution in [2.45, 2.75) is 65.2 Å². The molecule has 2 amide bonds. The molecule has 6 rings (SSSR count). The summed E-state index contributed by atoms with van der Waals surface area (Å²) >= 11 is 1.54. The maximum absolute atomic E-state index is 13.4. The van der Waals surface area contributed by atoms with Gasteiger partial charge in [0.15, 0.2) is 0 Å². The van der Waals surface area contributed by atoms with E-state index in [0.717, 1.165) is 81.8 Å². The first kappa shape index (κ1) is 25.0. The summed E-state index contributed by atoms with van der Waals surface area (Å²) < 4.78 is 0. The third-order valence-electron chi connectivity index (χ3n) is 9.63. The number of hydrogen-bond donors (Lipinski definition) is 0. The van der Waals surface area contributed by atoms with Crippen LogP contribution in [0.25, 0.3) is 0 Å². The Hall–Kier alpha value is -1.66. The van der Waals surface area contributed by atoms with Gasteiger partial charge in [-0.1, -0.05) is 57.2 Å². The smallest absolute Gasteiger partial charge is 0.264 e. The van der Waals surface area contributed by atoms with Gasteiger partial charge in [-0.2, -0.15) is 0 Å². The zero-order chi connectivity index (χ0) is 24.4. The van der Waals surface area contributed by atoms with Crippen LogP contribution in [0.15, 0.2) is 29.2 Å². The number of nitrogens with zero attached hydrogens (tertiary/aromatic N) is 3. The highest BCUT2D eigenvalue weighted by molar-refractivity contribution is 7.12. The number of fused-ring (bicyclic) bond motifs is 1. The Bertz CT molecular complexity index is 910. The van der Waals surface area contributed by atoms with E-state index < -0.39 is 0 Å². The van der Waals surface area contributed by atoms with Crippen molar-refractivity contribution in [2.24, 2.45) is 23.2 Å². The van der Waals surface area contributed by atoms with Gasteiger partial charge in [0.05, 0.1) is 4.88 Å². The predicted molar refractivity (Wildman–Crippen MR) is 143 cm³/mol. The molecule has 35 heavy (non-hydrogen) atoms. The largest absolute Gasteiger partial charge is 0.340 e. The molecule has 2 unspecified atom stereocenters. The van der Waals surface area contributed by atoms with Crippen LogP contribution in [0, 0.1) is 23.2 Å². The lowest BCUT2D eigenvalue weighted by Gasteiger charge is -2.57. The minimum Gasteiger partial charge on any atom is -0.340 e. The second-order valence-corrected chi connectivity index (χ2v) is 12.9. The number of rotatable bonds is 9. The number of thiophene rings is 1. The van der Waals surface area contributed by atoms with Crippen LogP contribution >= 0.6 is 11.3 Å². The van der Waals surface area contributed by atoms with Crippen LogP contribution in [0.4, 0.5) is 0 Å². The summed E-state index contributed by atoms with van der Waals surface area (Å²) in [7, 11) is 0. The Balaban J connectivity index is 1.13. The maximum Gasteiger partial charge on any atom is 0.264 e. The van der Waals surface area contributed by atoms with E-state index in [2.05, 4.69) is 34.6 Å². The Kier molecular flexibility index (Phi) is 7.69. The van der Waals surface area contributed by atoms with E-state index >= 15 is 0 Å². The SMILES string of the molecule is CC1(C)C2CC=C(CN(CCN3CCN(C(=O)CCC4CCCC4)CC3)C(=O)c3cccs3)C1C2. The van der Waals surface area contributed by atoms with Crippen LogP contribution < -0.4 is 0 Å². The fourth-order valence-corrected chi connectivity index (χ4v) is 7.64. The van der Waals surface area contributed by atoms with Crippen LogP contribution in [0.3, 0.4) is 0 Å². The first-order valence-electron chi connectivity index (χ1n) is 13.9. The second-order valence-electron chi connectivity index (χ2n) is 11.9. The van der Waals surface area contributed by atoms with Gasteiger partial charge in [0, 0.05) is 52.2 Å². The van der Waals surface area contributed by atoms with Crippen molar-refractivity contribution in [3.8, 4) is 0 Å². The van der Waals surface area contributed by atoms with Crippen molar-refractivity contribution < 1.29 is 9.59 Å². The molecule has 1 aromatic rings. The monoisotopic (exact) mass is 497 g/mol. The fraction of sp³-hybridized carbons (Fsp3) is 0.724. The van der Waals surface area contributed by atoms with Crippen molar-refractivity contribution in [2.75, 3.05) is 45.8 Å². The Morgan fingerprint density at radius 2 is 1.91 bits per heavy atom. The molecule has 2 bridgehead atoms. The quantitative estimate of drug-likeness (QED) is 0.435. The molecule has 6 heteroatoms. The number of amides is 2. The molecule has 3 fully saturated rings. The van der Waals surface area contributed by atoms with E-state index in [1.807, 2.05) is 17.5 Å². The topological polar surface area (TPSA) is 43.9 Å². The molecule has 2 saturated carbocycles. The molecule has 192 valence electrons. The minimum atomic E-state index is 0.167. The molecule has 1 aliphatic heterocycles. The van der Waals surface area contributed by atoms with E-state index in [-0.39, 0.29) is 5.91 Å². The van der Waals surface area contributed by atoms with Gasteiger partial charge in [-0.3, -0.25) is 14.5 Å². The first-order valence-corrected chi connectivity index (χ1v) is 14.8. The molecular weight excluding hydrogens is 454 g/mol.